The van der Waals surface area contributed by atoms with Gasteiger partial charge in [-0.15, -0.1) is 0 Å². The molecule has 1 atom stereocenters. The molecule has 110 valence electrons. The monoisotopic (exact) mass is 284 g/mol. The number of benzene rings is 1. The Morgan fingerprint density at radius 2 is 2.14 bits per heavy atom. The van der Waals surface area contributed by atoms with Crippen LogP contribution in [0.4, 0.5) is 0 Å². The minimum atomic E-state index is -0.298. The van der Waals surface area contributed by atoms with E-state index < -0.39 is 0 Å². The zero-order chi connectivity index (χ0) is 15.1. The Morgan fingerprint density at radius 3 is 2.90 bits per heavy atom. The number of aromatic amines is 1. The van der Waals surface area contributed by atoms with Gasteiger partial charge < -0.3 is 19.9 Å². The van der Waals surface area contributed by atoms with Crippen LogP contribution in [0.1, 0.15) is 24.8 Å². The summed E-state index contributed by atoms with van der Waals surface area (Å²) >= 11 is 0. The molecule has 1 aromatic heterocycles. The number of H-pyrrole nitrogens is 1. The maximum atomic E-state index is 11.3. The van der Waals surface area contributed by atoms with Gasteiger partial charge in [0.1, 0.15) is 12.6 Å². The van der Waals surface area contributed by atoms with Crippen LogP contribution < -0.4 is 5.32 Å². The van der Waals surface area contributed by atoms with Crippen LogP contribution in [0.5, 0.6) is 0 Å². The van der Waals surface area contributed by atoms with Gasteiger partial charge in [-0.1, -0.05) is 24.8 Å². The Kier molecular flexibility index (Phi) is 5.32. The number of nitrogens with one attached hydrogen (secondary N) is 2. The Labute approximate surface area is 124 Å². The lowest BCUT2D eigenvalue weighted by atomic mass is 10.1. The number of aromatic nitrogens is 1. The van der Waals surface area contributed by atoms with Gasteiger partial charge in [-0.3, -0.25) is 0 Å². The lowest BCUT2D eigenvalue weighted by Gasteiger charge is -2.15. The number of carbonyl (C=O) groups is 2. The number of para-hydroxylation sites is 1. The number of hydrogen-bond acceptors (Lipinski definition) is 3. The van der Waals surface area contributed by atoms with E-state index in [0.717, 1.165) is 41.2 Å². The first-order chi connectivity index (χ1) is 10.2. The molecule has 0 bridgehead atoms. The molecule has 0 saturated heterocycles. The van der Waals surface area contributed by atoms with Gasteiger partial charge in [-0.05, 0) is 24.5 Å². The van der Waals surface area contributed by atoms with Crippen molar-refractivity contribution in [1.29, 1.82) is 0 Å². The predicted molar refractivity (Wildman–Crippen MR) is 84.0 cm³/mol. The van der Waals surface area contributed by atoms with Crippen LogP contribution in [0.3, 0.4) is 0 Å². The molecule has 0 spiro atoms. The van der Waals surface area contributed by atoms with Crippen molar-refractivity contribution in [1.82, 2.24) is 10.3 Å². The molecule has 1 aromatic carbocycles. The minimum absolute atomic E-state index is 0.298. The van der Waals surface area contributed by atoms with Crippen molar-refractivity contribution >= 4 is 23.5 Å². The molecule has 0 radical (unpaired) electrons. The van der Waals surface area contributed by atoms with E-state index in [1.54, 1.807) is 0 Å². The fourth-order valence-corrected chi connectivity index (χ4v) is 2.40. The summed E-state index contributed by atoms with van der Waals surface area (Å²) in [7, 11) is 0. The van der Waals surface area contributed by atoms with Crippen LogP contribution in [0.15, 0.2) is 42.7 Å². The summed E-state index contributed by atoms with van der Waals surface area (Å²) in [5, 5.41) is 4.27. The summed E-state index contributed by atoms with van der Waals surface area (Å²) in [6.45, 7) is 3.91. The van der Waals surface area contributed by atoms with Gasteiger partial charge in [-0.25, -0.2) is 0 Å². The maximum Gasteiger partial charge on any atom is 0.142 e. The molecule has 2 aromatic rings. The van der Waals surface area contributed by atoms with E-state index in [0.29, 0.717) is 19.3 Å². The number of hydrogen-bond donors (Lipinski definition) is 2. The third kappa shape index (κ3) is 4.05. The van der Waals surface area contributed by atoms with Crippen molar-refractivity contribution < 1.29 is 9.59 Å². The SMILES string of the molecule is C=C(CCCC=O)NC(C=O)Cc1c[nH]c2ccccc12. The lowest BCUT2D eigenvalue weighted by Crippen LogP contribution is -2.31. The fourth-order valence-electron chi connectivity index (χ4n) is 2.40. The molecule has 2 N–H and O–H groups in total. The molecule has 21 heavy (non-hydrogen) atoms. The largest absolute Gasteiger partial charge is 0.379 e. The number of aldehydes is 2. The first-order valence-corrected chi connectivity index (χ1v) is 7.13. The van der Waals surface area contributed by atoms with Crippen LogP contribution in [0.25, 0.3) is 10.9 Å². The second-order valence-electron chi connectivity index (χ2n) is 5.11. The average molecular weight is 284 g/mol. The highest BCUT2D eigenvalue weighted by molar-refractivity contribution is 5.83. The van der Waals surface area contributed by atoms with Gasteiger partial charge in [0.25, 0.3) is 0 Å². The van der Waals surface area contributed by atoms with Crippen molar-refractivity contribution in [3.8, 4) is 0 Å². The second-order valence-corrected chi connectivity index (χ2v) is 5.11. The highest BCUT2D eigenvalue weighted by Gasteiger charge is 2.12. The number of rotatable bonds is 9. The van der Waals surface area contributed by atoms with Crippen LogP contribution >= 0.6 is 0 Å². The van der Waals surface area contributed by atoms with Gasteiger partial charge >= 0.3 is 0 Å². The third-order valence-corrected chi connectivity index (χ3v) is 3.47. The number of carbonyl (C=O) groups excluding carboxylic acids is 2. The lowest BCUT2D eigenvalue weighted by molar-refractivity contribution is -0.109. The van der Waals surface area contributed by atoms with Crippen molar-refractivity contribution in [3.63, 3.8) is 0 Å². The van der Waals surface area contributed by atoms with Crippen molar-refractivity contribution in [2.45, 2.75) is 31.7 Å². The van der Waals surface area contributed by atoms with Gasteiger partial charge in [-0.2, -0.15) is 0 Å². The van der Waals surface area contributed by atoms with E-state index in [1.807, 2.05) is 30.5 Å². The van der Waals surface area contributed by atoms with E-state index in [4.69, 9.17) is 0 Å². The van der Waals surface area contributed by atoms with Crippen molar-refractivity contribution in [3.05, 3.63) is 48.3 Å². The molecule has 0 amide bonds. The molecule has 0 aliphatic carbocycles. The molecule has 0 aliphatic heterocycles. The van der Waals surface area contributed by atoms with E-state index >= 15 is 0 Å². The Bertz CT molecular complexity index is 631. The molecular formula is C17H20N2O2. The molecule has 1 unspecified atom stereocenters. The first-order valence-electron chi connectivity index (χ1n) is 7.13. The Hall–Kier alpha value is -2.36. The topological polar surface area (TPSA) is 62.0 Å². The summed E-state index contributed by atoms with van der Waals surface area (Å²) in [5.41, 5.74) is 2.98. The smallest absolute Gasteiger partial charge is 0.142 e. The summed E-state index contributed by atoms with van der Waals surface area (Å²) in [6.07, 6.45) is 6.35. The molecule has 0 fully saturated rings. The molecule has 4 nitrogen and oxygen atoms in total. The summed E-state index contributed by atoms with van der Waals surface area (Å²) in [4.78, 5) is 24.8. The number of fused-ring (bicyclic) bond motifs is 1. The zero-order valence-electron chi connectivity index (χ0n) is 12.0. The van der Waals surface area contributed by atoms with Crippen LogP contribution in [-0.4, -0.2) is 23.6 Å². The average Bonchev–Trinajstić information content (AvgIpc) is 2.90. The minimum Gasteiger partial charge on any atom is -0.379 e. The van der Waals surface area contributed by atoms with Crippen molar-refractivity contribution in [2.75, 3.05) is 0 Å². The summed E-state index contributed by atoms with van der Waals surface area (Å²) < 4.78 is 0. The second kappa shape index (κ2) is 7.43. The van der Waals surface area contributed by atoms with Crippen LogP contribution in [0, 0.1) is 0 Å². The molecule has 0 saturated carbocycles. The number of unbranched alkanes of at least 4 members (excludes halogenated alkanes) is 1. The van der Waals surface area contributed by atoms with E-state index in [-0.39, 0.29) is 6.04 Å². The first kappa shape index (κ1) is 15.0. The fraction of sp³-hybridized carbons (Fsp3) is 0.294. The third-order valence-electron chi connectivity index (χ3n) is 3.47. The molecule has 2 rings (SSSR count). The summed E-state index contributed by atoms with van der Waals surface area (Å²) in [5.74, 6) is 0. The maximum absolute atomic E-state index is 11.3. The van der Waals surface area contributed by atoms with Crippen LogP contribution in [-0.2, 0) is 16.0 Å². The Balaban J connectivity index is 1.97. The quantitative estimate of drug-likeness (QED) is 0.550. The highest BCUT2D eigenvalue weighted by Crippen LogP contribution is 2.19. The van der Waals surface area contributed by atoms with E-state index in [1.165, 1.54) is 0 Å². The van der Waals surface area contributed by atoms with E-state index in [2.05, 4.69) is 16.9 Å². The van der Waals surface area contributed by atoms with Gasteiger partial charge in [0, 0.05) is 35.6 Å². The number of allylic oxidation sites excluding steroid dienone is 1. The van der Waals surface area contributed by atoms with Gasteiger partial charge in [0.2, 0.25) is 0 Å². The predicted octanol–water partition coefficient (Wildman–Crippen LogP) is 2.75. The van der Waals surface area contributed by atoms with Gasteiger partial charge in [0.05, 0.1) is 6.04 Å². The molecular weight excluding hydrogens is 264 g/mol. The summed E-state index contributed by atoms with van der Waals surface area (Å²) in [6, 6.07) is 7.73. The molecule has 4 heteroatoms. The highest BCUT2D eigenvalue weighted by atomic mass is 16.1. The van der Waals surface area contributed by atoms with Gasteiger partial charge in [0.15, 0.2) is 0 Å². The van der Waals surface area contributed by atoms with Crippen molar-refractivity contribution in [2.24, 2.45) is 0 Å². The van der Waals surface area contributed by atoms with Crippen LogP contribution in [0.2, 0.25) is 0 Å². The molecule has 0 aliphatic rings. The standard InChI is InChI=1S/C17H20N2O2/c1-13(6-4-5-9-20)19-15(12-21)10-14-11-18-17-8-3-2-7-16(14)17/h2-3,7-9,11-12,15,18-19H,1,4-6,10H2. The van der Waals surface area contributed by atoms with E-state index in [9.17, 15) is 9.59 Å². The molecule has 1 heterocycles. The zero-order valence-corrected chi connectivity index (χ0v) is 12.0. The Morgan fingerprint density at radius 1 is 1.33 bits per heavy atom. The normalized spacial score (nSPS) is 12.0.